The molecule has 1 unspecified atom stereocenters. The predicted octanol–water partition coefficient (Wildman–Crippen LogP) is 2.54. The minimum Gasteiger partial charge on any atom is -0.390 e. The second-order valence-electron chi connectivity index (χ2n) is 5.33. The highest BCUT2D eigenvalue weighted by atomic mass is 35.5. The smallest absolute Gasteiger partial charge is 0.0642 e. The lowest BCUT2D eigenvalue weighted by Gasteiger charge is -2.25. The van der Waals surface area contributed by atoms with Crippen molar-refractivity contribution in [3.8, 4) is 0 Å². The van der Waals surface area contributed by atoms with Gasteiger partial charge >= 0.3 is 0 Å². The summed E-state index contributed by atoms with van der Waals surface area (Å²) in [5.41, 5.74) is 7.15. The van der Waals surface area contributed by atoms with E-state index in [1.165, 1.54) is 0 Å². The Morgan fingerprint density at radius 2 is 2.17 bits per heavy atom. The van der Waals surface area contributed by atoms with Crippen molar-refractivity contribution >= 4 is 17.3 Å². The van der Waals surface area contributed by atoms with Gasteiger partial charge in [0, 0.05) is 19.6 Å². The topological polar surface area (TPSA) is 49.5 Å². The predicted molar refractivity (Wildman–Crippen MR) is 76.0 cm³/mol. The maximum Gasteiger partial charge on any atom is 0.0642 e. The van der Waals surface area contributed by atoms with E-state index in [4.69, 9.17) is 17.3 Å². The first-order valence-corrected chi connectivity index (χ1v) is 6.85. The molecule has 3 nitrogen and oxygen atoms in total. The lowest BCUT2D eigenvalue weighted by molar-refractivity contribution is 0.0481. The van der Waals surface area contributed by atoms with Gasteiger partial charge in [-0.25, -0.2) is 0 Å². The monoisotopic (exact) mass is 268 g/mol. The number of benzene rings is 1. The van der Waals surface area contributed by atoms with Gasteiger partial charge in [0.05, 0.1) is 16.3 Å². The molecule has 1 aliphatic heterocycles. The van der Waals surface area contributed by atoms with Crippen LogP contribution in [0.1, 0.15) is 31.7 Å². The first kappa shape index (κ1) is 13.7. The Morgan fingerprint density at radius 3 is 2.83 bits per heavy atom. The molecular weight excluding hydrogens is 248 g/mol. The third-order valence-electron chi connectivity index (χ3n) is 3.65. The Labute approximate surface area is 114 Å². The summed E-state index contributed by atoms with van der Waals surface area (Å²) < 4.78 is 0. The van der Waals surface area contributed by atoms with Gasteiger partial charge in [-0.05, 0) is 43.9 Å². The molecule has 1 aromatic rings. The second kappa shape index (κ2) is 5.47. The molecule has 0 spiro atoms. The maximum absolute atomic E-state index is 10.1. The summed E-state index contributed by atoms with van der Waals surface area (Å²) in [6, 6.07) is 5.98. The van der Waals surface area contributed by atoms with Gasteiger partial charge in [-0.1, -0.05) is 17.7 Å². The number of nitrogens with zero attached hydrogens (tertiary/aromatic N) is 1. The normalized spacial score (nSPS) is 25.0. The van der Waals surface area contributed by atoms with Crippen LogP contribution in [0, 0.1) is 0 Å². The van der Waals surface area contributed by atoms with Crippen LogP contribution in [0.5, 0.6) is 0 Å². The molecule has 0 amide bonds. The SMILES string of the molecule is CC1(O)CCCN(c2ccc(CN)cc2Cl)CC1. The van der Waals surface area contributed by atoms with Crippen LogP contribution in [0.2, 0.25) is 5.02 Å². The zero-order chi connectivity index (χ0) is 13.2. The van der Waals surface area contributed by atoms with E-state index >= 15 is 0 Å². The lowest BCUT2D eigenvalue weighted by atomic mass is 9.98. The van der Waals surface area contributed by atoms with Crippen molar-refractivity contribution in [3.05, 3.63) is 28.8 Å². The highest BCUT2D eigenvalue weighted by Crippen LogP contribution is 2.30. The van der Waals surface area contributed by atoms with Crippen LogP contribution in [0.25, 0.3) is 0 Å². The van der Waals surface area contributed by atoms with Gasteiger partial charge in [-0.15, -0.1) is 0 Å². The number of hydrogen-bond donors (Lipinski definition) is 2. The fourth-order valence-corrected chi connectivity index (χ4v) is 2.76. The molecule has 0 aliphatic carbocycles. The van der Waals surface area contributed by atoms with Crippen LogP contribution in [0.3, 0.4) is 0 Å². The quantitative estimate of drug-likeness (QED) is 0.867. The zero-order valence-corrected chi connectivity index (χ0v) is 11.6. The van der Waals surface area contributed by atoms with Crippen LogP contribution in [0.4, 0.5) is 5.69 Å². The first-order chi connectivity index (χ1) is 8.52. The van der Waals surface area contributed by atoms with Crippen molar-refractivity contribution < 1.29 is 5.11 Å². The van der Waals surface area contributed by atoms with E-state index in [0.29, 0.717) is 6.54 Å². The van der Waals surface area contributed by atoms with Gasteiger partial charge in [0.2, 0.25) is 0 Å². The van der Waals surface area contributed by atoms with E-state index in [9.17, 15) is 5.11 Å². The Balaban J connectivity index is 2.16. The summed E-state index contributed by atoms with van der Waals surface area (Å²) in [6.07, 6.45) is 2.62. The van der Waals surface area contributed by atoms with Crippen molar-refractivity contribution in [1.29, 1.82) is 0 Å². The van der Waals surface area contributed by atoms with Gasteiger partial charge in [0.25, 0.3) is 0 Å². The fourth-order valence-electron chi connectivity index (χ4n) is 2.44. The second-order valence-corrected chi connectivity index (χ2v) is 5.73. The van der Waals surface area contributed by atoms with E-state index < -0.39 is 5.60 Å². The van der Waals surface area contributed by atoms with E-state index in [1.807, 2.05) is 25.1 Å². The van der Waals surface area contributed by atoms with E-state index in [-0.39, 0.29) is 0 Å². The lowest BCUT2D eigenvalue weighted by Crippen LogP contribution is -2.28. The van der Waals surface area contributed by atoms with Crippen LogP contribution >= 0.6 is 11.6 Å². The van der Waals surface area contributed by atoms with E-state index in [2.05, 4.69) is 4.90 Å². The molecule has 100 valence electrons. The Hall–Kier alpha value is -0.770. The largest absolute Gasteiger partial charge is 0.390 e. The van der Waals surface area contributed by atoms with Crippen molar-refractivity contribution in [2.75, 3.05) is 18.0 Å². The summed E-state index contributed by atoms with van der Waals surface area (Å²) >= 11 is 6.31. The number of nitrogens with two attached hydrogens (primary N) is 1. The zero-order valence-electron chi connectivity index (χ0n) is 10.8. The third-order valence-corrected chi connectivity index (χ3v) is 3.95. The number of aliphatic hydroxyl groups is 1. The summed E-state index contributed by atoms with van der Waals surface area (Å²) in [5, 5.41) is 10.8. The molecule has 1 aromatic carbocycles. The molecule has 1 aliphatic rings. The molecule has 1 heterocycles. The van der Waals surface area contributed by atoms with Crippen molar-refractivity contribution in [2.24, 2.45) is 5.73 Å². The standard InChI is InChI=1S/C14H21ClN2O/c1-14(18)5-2-7-17(8-6-14)13-4-3-11(10-16)9-12(13)15/h3-4,9,18H,2,5-8,10,16H2,1H3. The van der Waals surface area contributed by atoms with Crippen molar-refractivity contribution in [2.45, 2.75) is 38.3 Å². The molecule has 0 bridgehead atoms. The van der Waals surface area contributed by atoms with Crippen LogP contribution in [0.15, 0.2) is 18.2 Å². The van der Waals surface area contributed by atoms with Gasteiger partial charge < -0.3 is 15.7 Å². The molecule has 3 N–H and O–H groups in total. The summed E-state index contributed by atoms with van der Waals surface area (Å²) in [5.74, 6) is 0. The maximum atomic E-state index is 10.1. The molecule has 1 atom stereocenters. The van der Waals surface area contributed by atoms with Crippen molar-refractivity contribution in [1.82, 2.24) is 0 Å². The third kappa shape index (κ3) is 3.16. The fraction of sp³-hybridized carbons (Fsp3) is 0.571. The summed E-state index contributed by atoms with van der Waals surface area (Å²) in [4.78, 5) is 2.25. The molecule has 2 rings (SSSR count). The molecule has 0 radical (unpaired) electrons. The minimum atomic E-state index is -0.543. The average Bonchev–Trinajstić information content (AvgIpc) is 2.50. The number of anilines is 1. The minimum absolute atomic E-state index is 0.509. The van der Waals surface area contributed by atoms with Crippen molar-refractivity contribution in [3.63, 3.8) is 0 Å². The Morgan fingerprint density at radius 1 is 1.39 bits per heavy atom. The molecule has 18 heavy (non-hydrogen) atoms. The number of rotatable bonds is 2. The van der Waals surface area contributed by atoms with E-state index in [1.54, 1.807) is 0 Å². The Kier molecular flexibility index (Phi) is 4.15. The molecular formula is C14H21ClN2O. The number of halogens is 1. The van der Waals surface area contributed by atoms with Gasteiger partial charge in [0.1, 0.15) is 0 Å². The Bertz CT molecular complexity index is 420. The number of hydrogen-bond acceptors (Lipinski definition) is 3. The first-order valence-electron chi connectivity index (χ1n) is 6.48. The van der Waals surface area contributed by atoms with Crippen LogP contribution < -0.4 is 10.6 Å². The summed E-state index contributed by atoms with van der Waals surface area (Å²) in [7, 11) is 0. The van der Waals surface area contributed by atoms with Gasteiger partial charge in [-0.3, -0.25) is 0 Å². The van der Waals surface area contributed by atoms with Gasteiger partial charge in [0.15, 0.2) is 0 Å². The molecule has 1 fully saturated rings. The molecule has 0 saturated carbocycles. The van der Waals surface area contributed by atoms with Crippen LogP contribution in [-0.4, -0.2) is 23.8 Å². The molecule has 4 heteroatoms. The average molecular weight is 269 g/mol. The van der Waals surface area contributed by atoms with Gasteiger partial charge in [-0.2, -0.15) is 0 Å². The summed E-state index contributed by atoms with van der Waals surface area (Å²) in [6.45, 7) is 4.21. The molecule has 1 saturated heterocycles. The molecule has 0 aromatic heterocycles. The highest BCUT2D eigenvalue weighted by Gasteiger charge is 2.25. The van der Waals surface area contributed by atoms with Crippen LogP contribution in [-0.2, 0) is 6.54 Å². The highest BCUT2D eigenvalue weighted by molar-refractivity contribution is 6.33. The van der Waals surface area contributed by atoms with E-state index in [0.717, 1.165) is 48.6 Å².